The molecular formula is C26H24N4O4. The van der Waals surface area contributed by atoms with Gasteiger partial charge in [-0.25, -0.2) is 9.78 Å². The number of benzene rings is 3. The molecule has 0 spiro atoms. The monoisotopic (exact) mass is 456 g/mol. The first-order chi connectivity index (χ1) is 16.5. The van der Waals surface area contributed by atoms with Gasteiger partial charge in [-0.1, -0.05) is 54.6 Å². The number of carboxylic acid groups (broad SMARTS) is 1. The van der Waals surface area contributed by atoms with Crippen molar-refractivity contribution in [1.29, 1.82) is 0 Å². The van der Waals surface area contributed by atoms with Crippen molar-refractivity contribution < 1.29 is 19.4 Å². The molecule has 34 heavy (non-hydrogen) atoms. The van der Waals surface area contributed by atoms with Gasteiger partial charge in [0.2, 0.25) is 5.95 Å². The second-order valence-electron chi connectivity index (χ2n) is 8.13. The fourth-order valence-electron chi connectivity index (χ4n) is 4.56. The number of carbonyl (C=O) groups is 2. The molecule has 1 unspecified atom stereocenters. The highest BCUT2D eigenvalue weighted by Gasteiger charge is 2.52. The zero-order valence-corrected chi connectivity index (χ0v) is 18.9. The van der Waals surface area contributed by atoms with E-state index in [0.717, 1.165) is 21.6 Å². The molecule has 1 aromatic heterocycles. The predicted octanol–water partition coefficient (Wildman–Crippen LogP) is 4.57. The van der Waals surface area contributed by atoms with E-state index in [1.165, 1.54) is 7.05 Å². The van der Waals surface area contributed by atoms with E-state index < -0.39 is 11.8 Å². The molecule has 2 N–H and O–H groups in total. The second kappa shape index (κ2) is 8.31. The van der Waals surface area contributed by atoms with Crippen molar-refractivity contribution in [2.75, 3.05) is 18.6 Å². The van der Waals surface area contributed by atoms with Crippen molar-refractivity contribution in [1.82, 2.24) is 14.9 Å². The summed E-state index contributed by atoms with van der Waals surface area (Å²) >= 11 is 0. The molecule has 0 saturated heterocycles. The number of H-pyrrole nitrogens is 1. The quantitative estimate of drug-likeness (QED) is 0.443. The van der Waals surface area contributed by atoms with Crippen molar-refractivity contribution in [3.63, 3.8) is 0 Å². The van der Waals surface area contributed by atoms with E-state index >= 15 is 0 Å². The van der Waals surface area contributed by atoms with Gasteiger partial charge in [-0.05, 0) is 30.7 Å². The van der Waals surface area contributed by atoms with Gasteiger partial charge in [-0.3, -0.25) is 14.6 Å². The van der Waals surface area contributed by atoms with E-state index in [2.05, 4.69) is 9.97 Å². The molecule has 0 saturated carbocycles. The number of aromatic nitrogens is 2. The van der Waals surface area contributed by atoms with E-state index in [-0.39, 0.29) is 11.9 Å². The molecule has 1 aliphatic rings. The number of rotatable bonds is 6. The predicted molar refractivity (Wildman–Crippen MR) is 128 cm³/mol. The number of nitrogens with zero attached hydrogens (tertiary/aromatic N) is 3. The molecule has 0 radical (unpaired) electrons. The molecule has 5 rings (SSSR count). The minimum Gasteiger partial charge on any atom is -0.465 e. The Balaban J connectivity index is 1.70. The van der Waals surface area contributed by atoms with Gasteiger partial charge in [-0.2, -0.15) is 0 Å². The summed E-state index contributed by atoms with van der Waals surface area (Å²) < 4.78 is 6.46. The molecule has 1 aliphatic heterocycles. The zero-order valence-electron chi connectivity index (χ0n) is 18.9. The molecule has 0 bridgehead atoms. The van der Waals surface area contributed by atoms with Crippen LogP contribution in [0.2, 0.25) is 0 Å². The number of imidazole rings is 1. The van der Waals surface area contributed by atoms with E-state index in [0.29, 0.717) is 29.7 Å². The fourth-order valence-corrected chi connectivity index (χ4v) is 4.56. The van der Waals surface area contributed by atoms with E-state index in [9.17, 15) is 14.7 Å². The summed E-state index contributed by atoms with van der Waals surface area (Å²) in [4.78, 5) is 35.3. The van der Waals surface area contributed by atoms with Crippen LogP contribution in [0.1, 0.15) is 34.0 Å². The van der Waals surface area contributed by atoms with Crippen LogP contribution >= 0.6 is 0 Å². The van der Waals surface area contributed by atoms with Crippen LogP contribution in [0.5, 0.6) is 0 Å². The van der Waals surface area contributed by atoms with E-state index in [4.69, 9.17) is 4.74 Å². The molecular weight excluding hydrogens is 432 g/mol. The average molecular weight is 457 g/mol. The fraction of sp³-hybridized carbons (Fsp3) is 0.192. The highest BCUT2D eigenvalue weighted by molar-refractivity contribution is 6.00. The summed E-state index contributed by atoms with van der Waals surface area (Å²) in [5.74, 6) is 0.107. The first-order valence-corrected chi connectivity index (χ1v) is 11.0. The molecule has 0 aliphatic carbocycles. The Morgan fingerprint density at radius 3 is 2.59 bits per heavy atom. The Morgan fingerprint density at radius 2 is 1.85 bits per heavy atom. The van der Waals surface area contributed by atoms with Crippen LogP contribution in [-0.2, 0) is 17.0 Å². The third-order valence-electron chi connectivity index (χ3n) is 6.15. The Bertz CT molecular complexity index is 1380. The first kappa shape index (κ1) is 21.7. The third-order valence-corrected chi connectivity index (χ3v) is 6.15. The number of anilines is 1. The third kappa shape index (κ3) is 3.31. The molecule has 2 heterocycles. The highest BCUT2D eigenvalue weighted by atomic mass is 16.5. The van der Waals surface area contributed by atoms with Crippen LogP contribution in [0, 0.1) is 0 Å². The van der Waals surface area contributed by atoms with Crippen molar-refractivity contribution in [3.05, 3.63) is 95.1 Å². The minimum atomic E-state index is -1.15. The molecule has 8 nitrogen and oxygen atoms in total. The topological polar surface area (TPSA) is 98.8 Å². The van der Waals surface area contributed by atoms with Gasteiger partial charge in [0.1, 0.15) is 0 Å². The summed E-state index contributed by atoms with van der Waals surface area (Å²) in [6.45, 7) is 2.64. The Hall–Kier alpha value is -4.17. The number of nitrogens with one attached hydrogen (secondary N) is 1. The molecule has 172 valence electrons. The minimum absolute atomic E-state index is 0.110. The smallest absolute Gasteiger partial charge is 0.413 e. The summed E-state index contributed by atoms with van der Waals surface area (Å²) in [6, 6.07) is 22.9. The van der Waals surface area contributed by atoms with Crippen molar-refractivity contribution in [3.8, 4) is 0 Å². The van der Waals surface area contributed by atoms with Crippen LogP contribution in [0.15, 0.2) is 72.8 Å². The molecule has 0 fully saturated rings. The first-order valence-electron chi connectivity index (χ1n) is 11.0. The van der Waals surface area contributed by atoms with Crippen LogP contribution in [-0.4, -0.2) is 45.6 Å². The molecule has 2 amide bonds. The number of hydrogen-bond donors (Lipinski definition) is 2. The van der Waals surface area contributed by atoms with Crippen LogP contribution in [0.25, 0.3) is 11.0 Å². The molecule has 8 heteroatoms. The lowest BCUT2D eigenvalue weighted by Crippen LogP contribution is -2.46. The largest absolute Gasteiger partial charge is 0.465 e. The van der Waals surface area contributed by atoms with Crippen molar-refractivity contribution in [2.24, 2.45) is 0 Å². The number of amides is 2. The molecule has 1 atom stereocenters. The zero-order chi connectivity index (χ0) is 23.9. The number of hydrogen-bond acceptors (Lipinski definition) is 4. The second-order valence-corrected chi connectivity index (χ2v) is 8.13. The number of aromatic amines is 1. The van der Waals surface area contributed by atoms with Gasteiger partial charge in [0, 0.05) is 36.9 Å². The van der Waals surface area contributed by atoms with Gasteiger partial charge in [0.05, 0.1) is 11.0 Å². The van der Waals surface area contributed by atoms with Crippen molar-refractivity contribution >= 4 is 29.0 Å². The Labute approximate surface area is 196 Å². The summed E-state index contributed by atoms with van der Waals surface area (Å²) in [7, 11) is 1.43. The normalized spacial score (nSPS) is 17.2. The lowest BCUT2D eigenvalue weighted by molar-refractivity contribution is -0.107. The summed E-state index contributed by atoms with van der Waals surface area (Å²) in [5.41, 5.74) is 3.22. The number of carbonyl (C=O) groups excluding carboxylic acids is 1. The average Bonchev–Trinajstić information content (AvgIpc) is 3.38. The lowest BCUT2D eigenvalue weighted by atomic mass is 9.92. The summed E-state index contributed by atoms with van der Waals surface area (Å²) in [5, 5.41) is 9.31. The maximum absolute atomic E-state index is 13.6. The maximum atomic E-state index is 13.6. The van der Waals surface area contributed by atoms with Crippen LogP contribution in [0.4, 0.5) is 10.7 Å². The van der Waals surface area contributed by atoms with Gasteiger partial charge in [0.25, 0.3) is 5.91 Å². The van der Waals surface area contributed by atoms with Gasteiger partial charge < -0.3 is 14.8 Å². The van der Waals surface area contributed by atoms with Gasteiger partial charge in [0.15, 0.2) is 5.72 Å². The Kier molecular flexibility index (Phi) is 5.30. The van der Waals surface area contributed by atoms with Gasteiger partial charge in [-0.15, -0.1) is 0 Å². The standard InChI is InChI=1S/C26H24N4O4/c1-3-34-26(18-13-14-21-22(15-18)28-24(27-21)29(2)25(32)33)20-12-8-7-11-19(20)23(31)30(26)16-17-9-5-4-6-10-17/h4-15H,3,16H2,1-2H3,(H,27,28)(H,32,33). The van der Waals surface area contributed by atoms with Crippen LogP contribution in [0.3, 0.4) is 0 Å². The van der Waals surface area contributed by atoms with E-state index in [1.54, 1.807) is 4.90 Å². The van der Waals surface area contributed by atoms with E-state index in [1.807, 2.05) is 79.7 Å². The Morgan fingerprint density at radius 1 is 1.12 bits per heavy atom. The number of fused-ring (bicyclic) bond motifs is 2. The summed E-state index contributed by atoms with van der Waals surface area (Å²) in [6.07, 6.45) is -1.12. The SMILES string of the molecule is CCOC1(c2ccc3[nH]c(N(C)C(=O)O)nc3c2)c2ccccc2C(=O)N1Cc1ccccc1. The molecule has 4 aromatic rings. The van der Waals surface area contributed by atoms with Crippen molar-refractivity contribution in [2.45, 2.75) is 19.2 Å². The maximum Gasteiger partial charge on any atom is 0.413 e. The lowest BCUT2D eigenvalue weighted by Gasteiger charge is -2.39. The van der Waals surface area contributed by atoms with Crippen LogP contribution < -0.4 is 4.90 Å². The highest BCUT2D eigenvalue weighted by Crippen LogP contribution is 2.46. The van der Waals surface area contributed by atoms with Gasteiger partial charge >= 0.3 is 6.09 Å². The molecule has 3 aromatic carbocycles. The number of ether oxygens (including phenoxy) is 1.